The Labute approximate surface area is 173 Å². The number of aliphatic imine (C=N–C) groups is 1. The minimum Gasteiger partial charge on any atom is -0.493 e. The molecule has 1 heterocycles. The van der Waals surface area contributed by atoms with Gasteiger partial charge in [0, 0.05) is 25.9 Å². The maximum absolute atomic E-state index is 12.2. The van der Waals surface area contributed by atoms with Crippen LogP contribution in [0.2, 0.25) is 0 Å². The first-order valence-electron chi connectivity index (χ1n) is 9.19. The van der Waals surface area contributed by atoms with Gasteiger partial charge in [-0.05, 0) is 24.6 Å². The van der Waals surface area contributed by atoms with Crippen molar-refractivity contribution in [2.75, 3.05) is 27.3 Å². The van der Waals surface area contributed by atoms with Crippen molar-refractivity contribution in [2.24, 2.45) is 4.99 Å². The van der Waals surface area contributed by atoms with Gasteiger partial charge in [-0.3, -0.25) is 4.99 Å². The van der Waals surface area contributed by atoms with E-state index in [0.29, 0.717) is 30.5 Å². The average Bonchev–Trinajstić information content (AvgIpc) is 2.73. The van der Waals surface area contributed by atoms with E-state index in [1.54, 1.807) is 20.2 Å². The number of rotatable bonds is 9. The van der Waals surface area contributed by atoms with Crippen LogP contribution in [0.5, 0.6) is 17.4 Å². The lowest BCUT2D eigenvalue weighted by Gasteiger charge is -2.19. The van der Waals surface area contributed by atoms with Crippen molar-refractivity contribution in [3.8, 4) is 17.4 Å². The Bertz CT molecular complexity index is 814. The number of ether oxygens (including phenoxy) is 3. The van der Waals surface area contributed by atoms with Crippen molar-refractivity contribution in [1.29, 1.82) is 0 Å². The molecule has 2 aromatic rings. The number of methoxy groups -OCH3 is 1. The lowest BCUT2D eigenvalue weighted by Crippen LogP contribution is -2.41. The molecule has 1 unspecified atom stereocenters. The molecule has 1 aromatic heterocycles. The van der Waals surface area contributed by atoms with E-state index in [-0.39, 0.29) is 12.0 Å². The van der Waals surface area contributed by atoms with Crippen LogP contribution in [-0.4, -0.2) is 50.5 Å². The number of halogens is 3. The second-order valence-corrected chi connectivity index (χ2v) is 6.29. The molecule has 0 spiro atoms. The number of hydrogen-bond donors (Lipinski definition) is 2. The molecule has 0 bridgehead atoms. The summed E-state index contributed by atoms with van der Waals surface area (Å²) in [6.07, 6.45) is -3.11. The minimum absolute atomic E-state index is 0.0825. The van der Waals surface area contributed by atoms with E-state index in [9.17, 15) is 13.2 Å². The summed E-state index contributed by atoms with van der Waals surface area (Å²) in [7, 11) is 3.22. The quantitative estimate of drug-likeness (QED) is 0.474. The zero-order chi connectivity index (χ0) is 22.0. The second-order valence-electron chi connectivity index (χ2n) is 6.29. The van der Waals surface area contributed by atoms with Gasteiger partial charge in [0.15, 0.2) is 24.1 Å². The van der Waals surface area contributed by atoms with Crippen LogP contribution >= 0.6 is 0 Å². The largest absolute Gasteiger partial charge is 0.493 e. The van der Waals surface area contributed by atoms with E-state index in [0.717, 1.165) is 5.56 Å². The third kappa shape index (κ3) is 8.06. The molecule has 0 saturated carbocycles. The number of nitrogens with zero attached hydrogens (tertiary/aromatic N) is 2. The summed E-state index contributed by atoms with van der Waals surface area (Å²) in [5.74, 6) is 1.77. The van der Waals surface area contributed by atoms with E-state index >= 15 is 0 Å². The first-order chi connectivity index (χ1) is 14.3. The van der Waals surface area contributed by atoms with Gasteiger partial charge in [0.2, 0.25) is 5.88 Å². The number of pyridine rings is 1. The molecule has 0 fully saturated rings. The Kier molecular flexibility index (Phi) is 8.57. The molecular formula is C20H25F3N4O3. The molecule has 0 radical (unpaired) electrons. The lowest BCUT2D eigenvalue weighted by molar-refractivity contribution is -0.154. The summed E-state index contributed by atoms with van der Waals surface area (Å²) in [4.78, 5) is 8.00. The van der Waals surface area contributed by atoms with Crippen LogP contribution in [0.15, 0.2) is 47.6 Å². The molecule has 0 amide bonds. The Hall–Kier alpha value is -3.17. The fourth-order valence-corrected chi connectivity index (χ4v) is 2.38. The number of guanidine groups is 1. The van der Waals surface area contributed by atoms with Crippen LogP contribution < -0.4 is 24.8 Å². The van der Waals surface area contributed by atoms with Crippen LogP contribution in [0.4, 0.5) is 13.2 Å². The van der Waals surface area contributed by atoms with Crippen LogP contribution in [-0.2, 0) is 6.54 Å². The summed E-state index contributed by atoms with van der Waals surface area (Å²) in [5, 5.41) is 6.25. The van der Waals surface area contributed by atoms with Crippen molar-refractivity contribution in [2.45, 2.75) is 25.7 Å². The Morgan fingerprint density at radius 3 is 2.47 bits per heavy atom. The molecule has 7 nitrogen and oxygen atoms in total. The predicted octanol–water partition coefficient (Wildman–Crippen LogP) is 3.16. The van der Waals surface area contributed by atoms with Gasteiger partial charge in [-0.2, -0.15) is 13.2 Å². The molecule has 10 heteroatoms. The first kappa shape index (κ1) is 23.1. The molecule has 0 aliphatic heterocycles. The molecule has 1 aromatic carbocycles. The van der Waals surface area contributed by atoms with E-state index in [4.69, 9.17) is 9.47 Å². The van der Waals surface area contributed by atoms with Gasteiger partial charge in [0.1, 0.15) is 6.10 Å². The van der Waals surface area contributed by atoms with Gasteiger partial charge in [0.25, 0.3) is 0 Å². The zero-order valence-electron chi connectivity index (χ0n) is 17.0. The second kappa shape index (κ2) is 11.1. The highest BCUT2D eigenvalue weighted by molar-refractivity contribution is 5.79. The highest BCUT2D eigenvalue weighted by atomic mass is 19.4. The van der Waals surface area contributed by atoms with Crippen molar-refractivity contribution in [3.05, 3.63) is 48.2 Å². The van der Waals surface area contributed by atoms with E-state index in [1.807, 2.05) is 31.2 Å². The molecule has 164 valence electrons. The SMILES string of the molecule is CN=C(NCc1ccc(OCC(F)(F)F)nc1)NCC(C)Oc1ccccc1OC. The average molecular weight is 426 g/mol. The zero-order valence-corrected chi connectivity index (χ0v) is 17.0. The molecule has 0 aliphatic rings. The fraction of sp³-hybridized carbons (Fsp3) is 0.400. The monoisotopic (exact) mass is 426 g/mol. The Balaban J connectivity index is 1.78. The highest BCUT2D eigenvalue weighted by Crippen LogP contribution is 2.26. The van der Waals surface area contributed by atoms with Crippen LogP contribution in [0.1, 0.15) is 12.5 Å². The number of nitrogens with one attached hydrogen (secondary N) is 2. The lowest BCUT2D eigenvalue weighted by atomic mass is 10.3. The van der Waals surface area contributed by atoms with Gasteiger partial charge in [-0.25, -0.2) is 4.98 Å². The summed E-state index contributed by atoms with van der Waals surface area (Å²) >= 11 is 0. The van der Waals surface area contributed by atoms with Crippen LogP contribution in [0, 0.1) is 0 Å². The number of para-hydroxylation sites is 2. The molecule has 0 saturated heterocycles. The molecule has 2 rings (SSSR count). The first-order valence-corrected chi connectivity index (χ1v) is 9.19. The van der Waals surface area contributed by atoms with Gasteiger partial charge in [-0.15, -0.1) is 0 Å². The fourth-order valence-electron chi connectivity index (χ4n) is 2.38. The number of hydrogen-bond acceptors (Lipinski definition) is 5. The molecule has 30 heavy (non-hydrogen) atoms. The van der Waals surface area contributed by atoms with Crippen LogP contribution in [0.3, 0.4) is 0 Å². The van der Waals surface area contributed by atoms with Crippen molar-refractivity contribution < 1.29 is 27.4 Å². The van der Waals surface area contributed by atoms with Gasteiger partial charge < -0.3 is 24.8 Å². The number of aromatic nitrogens is 1. The standard InChI is InChI=1S/C20H25F3N4O3/c1-14(30-17-7-5-4-6-16(17)28-3)10-26-19(24-2)27-12-15-8-9-18(25-11-15)29-13-20(21,22)23/h4-9,11,14H,10,12-13H2,1-3H3,(H2,24,26,27). The maximum Gasteiger partial charge on any atom is 0.422 e. The third-order valence-corrected chi connectivity index (χ3v) is 3.82. The summed E-state index contributed by atoms with van der Waals surface area (Å²) in [6.45, 7) is 1.41. The highest BCUT2D eigenvalue weighted by Gasteiger charge is 2.28. The van der Waals surface area contributed by atoms with Crippen LogP contribution in [0.25, 0.3) is 0 Å². The van der Waals surface area contributed by atoms with Crippen molar-refractivity contribution in [3.63, 3.8) is 0 Å². The summed E-state index contributed by atoms with van der Waals surface area (Å²) in [6, 6.07) is 10.4. The van der Waals surface area contributed by atoms with Crippen molar-refractivity contribution >= 4 is 5.96 Å². The third-order valence-electron chi connectivity index (χ3n) is 3.82. The van der Waals surface area contributed by atoms with E-state index in [2.05, 4.69) is 25.3 Å². The maximum atomic E-state index is 12.2. The molecular weight excluding hydrogens is 401 g/mol. The van der Waals surface area contributed by atoms with Gasteiger partial charge in [-0.1, -0.05) is 18.2 Å². The van der Waals surface area contributed by atoms with Gasteiger partial charge in [0.05, 0.1) is 13.7 Å². The minimum atomic E-state index is -4.40. The summed E-state index contributed by atoms with van der Waals surface area (Å²) in [5.41, 5.74) is 0.760. The number of alkyl halides is 3. The van der Waals surface area contributed by atoms with Gasteiger partial charge >= 0.3 is 6.18 Å². The smallest absolute Gasteiger partial charge is 0.422 e. The molecule has 2 N–H and O–H groups in total. The van der Waals surface area contributed by atoms with Crippen molar-refractivity contribution in [1.82, 2.24) is 15.6 Å². The topological polar surface area (TPSA) is 77.0 Å². The molecule has 0 aliphatic carbocycles. The summed E-state index contributed by atoms with van der Waals surface area (Å²) < 4.78 is 52.2. The Morgan fingerprint density at radius 2 is 1.87 bits per heavy atom. The normalized spacial score (nSPS) is 12.8. The molecule has 1 atom stereocenters. The number of benzene rings is 1. The van der Waals surface area contributed by atoms with E-state index < -0.39 is 12.8 Å². The predicted molar refractivity (Wildman–Crippen MR) is 107 cm³/mol. The van der Waals surface area contributed by atoms with E-state index in [1.165, 1.54) is 12.3 Å². The Morgan fingerprint density at radius 1 is 1.13 bits per heavy atom.